The molecule has 0 amide bonds. The van der Waals surface area contributed by atoms with Crippen LogP contribution in [0.3, 0.4) is 0 Å². The van der Waals surface area contributed by atoms with Crippen LogP contribution >= 0.6 is 0 Å². The molecule has 1 N–H and O–H groups in total. The van der Waals surface area contributed by atoms with Crippen molar-refractivity contribution in [3.8, 4) is 0 Å². The standard InChI is InChI=1S/C5H12N.CH3.U.V/c1-4(2)5(3)6;;;/h4-6H,1-3H3;1H3;;/q2*-1;;. The molecule has 0 fully saturated rings. The number of rotatable bonds is 1. The molecule has 1 radical (unpaired) electrons. The minimum absolute atomic E-state index is 0. The molecule has 0 aromatic carbocycles. The van der Waals surface area contributed by atoms with Crippen LogP contribution in [0.25, 0.3) is 5.73 Å². The zero-order chi connectivity index (χ0) is 5.15. The van der Waals surface area contributed by atoms with Gasteiger partial charge in [-0.05, 0) is 0 Å². The molecule has 0 saturated carbocycles. The van der Waals surface area contributed by atoms with Crippen LogP contribution in [0.15, 0.2) is 0 Å². The van der Waals surface area contributed by atoms with Crippen molar-refractivity contribution in [2.24, 2.45) is 5.92 Å². The first-order valence-electron chi connectivity index (χ1n) is 2.35. The maximum absolute atomic E-state index is 7.03. The number of hydrogen-bond donors (Lipinski definition) is 0. The summed E-state index contributed by atoms with van der Waals surface area (Å²) in [5.41, 5.74) is 7.03. The minimum atomic E-state index is 0. The van der Waals surface area contributed by atoms with Crippen molar-refractivity contribution in [1.29, 1.82) is 0 Å². The smallest absolute Gasteiger partial charge is 0 e. The average molecular weight is 390 g/mol. The molecule has 0 spiro atoms. The molecule has 0 aliphatic heterocycles. The van der Waals surface area contributed by atoms with E-state index in [2.05, 4.69) is 13.8 Å². The molecular weight excluding hydrogens is 375 g/mol. The number of nitrogens with one attached hydrogen (secondary N) is 1. The Morgan fingerprint density at radius 2 is 1.22 bits per heavy atom. The topological polar surface area (TPSA) is 23.8 Å². The fourth-order valence-electron chi connectivity index (χ4n) is 0. The summed E-state index contributed by atoms with van der Waals surface area (Å²) in [6.07, 6.45) is 0. The molecule has 0 bridgehead atoms. The molecule has 0 rings (SSSR count). The molecule has 0 heterocycles. The SMILES string of the molecule is CC(C)C(C)[NH-].[CH3-].[U].[V]. The summed E-state index contributed by atoms with van der Waals surface area (Å²) in [4.78, 5) is 0. The summed E-state index contributed by atoms with van der Waals surface area (Å²) >= 11 is 0. The Kier molecular flexibility index (Phi) is 30.6. The first-order valence-corrected chi connectivity index (χ1v) is 2.35. The van der Waals surface area contributed by atoms with E-state index in [1.54, 1.807) is 0 Å². The minimum Gasteiger partial charge on any atom is -0.675 e. The van der Waals surface area contributed by atoms with E-state index in [0.717, 1.165) is 0 Å². The largest absolute Gasteiger partial charge is 0.675 e. The summed E-state index contributed by atoms with van der Waals surface area (Å²) in [5, 5.41) is 0. The van der Waals surface area contributed by atoms with Gasteiger partial charge in [0.2, 0.25) is 0 Å². The summed E-state index contributed by atoms with van der Waals surface area (Å²) in [7, 11) is 0. The third-order valence-electron chi connectivity index (χ3n) is 1.00. The Bertz CT molecular complexity index is 34.0. The predicted octanol–water partition coefficient (Wildman–Crippen LogP) is 2.53. The van der Waals surface area contributed by atoms with Crippen LogP contribution in [0, 0.1) is 44.5 Å². The maximum Gasteiger partial charge on any atom is 0 e. The van der Waals surface area contributed by atoms with E-state index in [9.17, 15) is 0 Å². The molecular formula is C6H15NUV-2. The Balaban J connectivity index is -0.0000000417. The van der Waals surface area contributed by atoms with E-state index in [1.807, 2.05) is 6.92 Å². The van der Waals surface area contributed by atoms with Gasteiger partial charge in [-0.15, -0.1) is 6.04 Å². The van der Waals surface area contributed by atoms with Crippen molar-refractivity contribution in [2.45, 2.75) is 26.8 Å². The van der Waals surface area contributed by atoms with E-state index in [1.165, 1.54) is 0 Å². The Morgan fingerprint density at radius 3 is 1.22 bits per heavy atom. The van der Waals surface area contributed by atoms with Gasteiger partial charge in [-0.2, -0.15) is 0 Å². The molecule has 9 heavy (non-hydrogen) atoms. The fourth-order valence-corrected chi connectivity index (χ4v) is 0. The average Bonchev–Trinajstić information content (AvgIpc) is 1.36. The van der Waals surface area contributed by atoms with E-state index in [-0.39, 0.29) is 63.1 Å². The quantitative estimate of drug-likeness (QED) is 0.615. The fraction of sp³-hybridized carbons (Fsp3) is 0.833. The normalized spacial score (nSPS) is 10.3. The van der Waals surface area contributed by atoms with Crippen LogP contribution in [0.2, 0.25) is 0 Å². The zero-order valence-electron chi connectivity index (χ0n) is 6.60. The summed E-state index contributed by atoms with van der Waals surface area (Å²) in [6, 6.07) is 0.102. The van der Waals surface area contributed by atoms with Gasteiger partial charge in [-0.25, -0.2) is 0 Å². The molecule has 1 nitrogen and oxygen atoms in total. The second-order valence-electron chi connectivity index (χ2n) is 2.03. The van der Waals surface area contributed by atoms with Gasteiger partial charge in [0.1, 0.15) is 0 Å². The van der Waals surface area contributed by atoms with Gasteiger partial charge in [0, 0.05) is 49.7 Å². The predicted molar refractivity (Wildman–Crippen MR) is 35.0 cm³/mol. The molecule has 1 unspecified atom stereocenters. The van der Waals surface area contributed by atoms with Crippen LogP contribution in [-0.2, 0) is 18.6 Å². The van der Waals surface area contributed by atoms with E-state index >= 15 is 0 Å². The van der Waals surface area contributed by atoms with Crippen LogP contribution in [0.4, 0.5) is 0 Å². The Labute approximate surface area is 94.8 Å². The van der Waals surface area contributed by atoms with Crippen molar-refractivity contribution in [3.05, 3.63) is 13.2 Å². The second-order valence-corrected chi connectivity index (χ2v) is 2.03. The zero-order valence-corrected chi connectivity index (χ0v) is 12.2. The van der Waals surface area contributed by atoms with Gasteiger partial charge in [0.05, 0.1) is 0 Å². The first-order chi connectivity index (χ1) is 2.64. The molecule has 0 saturated heterocycles. The van der Waals surface area contributed by atoms with Gasteiger partial charge in [-0.1, -0.05) is 26.7 Å². The molecule has 0 aromatic heterocycles. The van der Waals surface area contributed by atoms with Gasteiger partial charge < -0.3 is 13.2 Å². The molecule has 1 atom stereocenters. The van der Waals surface area contributed by atoms with E-state index < -0.39 is 0 Å². The summed E-state index contributed by atoms with van der Waals surface area (Å²) in [5.74, 6) is 0.519. The Morgan fingerprint density at radius 1 is 1.11 bits per heavy atom. The third kappa shape index (κ3) is 17.7. The summed E-state index contributed by atoms with van der Waals surface area (Å²) < 4.78 is 0. The van der Waals surface area contributed by atoms with Gasteiger partial charge in [-0.3, -0.25) is 0 Å². The van der Waals surface area contributed by atoms with Crippen molar-refractivity contribution in [2.75, 3.05) is 0 Å². The van der Waals surface area contributed by atoms with Gasteiger partial charge in [0.15, 0.2) is 0 Å². The molecule has 55 valence electrons. The van der Waals surface area contributed by atoms with Crippen molar-refractivity contribution in [3.63, 3.8) is 0 Å². The molecule has 0 aliphatic rings. The van der Waals surface area contributed by atoms with Gasteiger partial charge >= 0.3 is 0 Å². The summed E-state index contributed by atoms with van der Waals surface area (Å²) in [6.45, 7) is 6.01. The van der Waals surface area contributed by atoms with Gasteiger partial charge in [0.25, 0.3) is 0 Å². The van der Waals surface area contributed by atoms with Crippen molar-refractivity contribution >= 4 is 0 Å². The van der Waals surface area contributed by atoms with Crippen molar-refractivity contribution in [1.82, 2.24) is 0 Å². The third-order valence-corrected chi connectivity index (χ3v) is 1.00. The van der Waals surface area contributed by atoms with Crippen LogP contribution in [0.5, 0.6) is 0 Å². The number of hydrogen-bond acceptors (Lipinski definition) is 0. The van der Waals surface area contributed by atoms with Crippen LogP contribution in [0.1, 0.15) is 20.8 Å². The van der Waals surface area contributed by atoms with E-state index in [0.29, 0.717) is 5.92 Å². The Hall–Kier alpha value is 1.60. The van der Waals surface area contributed by atoms with Crippen molar-refractivity contribution < 1.29 is 49.7 Å². The second kappa shape index (κ2) is 12.3. The molecule has 0 aliphatic carbocycles. The molecule has 3 heteroatoms. The first kappa shape index (κ1) is 22.4. The molecule has 0 aromatic rings. The van der Waals surface area contributed by atoms with E-state index in [4.69, 9.17) is 5.73 Å². The van der Waals surface area contributed by atoms with Crippen LogP contribution < -0.4 is 0 Å². The monoisotopic (exact) mass is 390 g/mol. The van der Waals surface area contributed by atoms with Crippen LogP contribution in [-0.4, -0.2) is 6.04 Å². The maximum atomic E-state index is 7.03.